The average molecular weight is 337 g/mol. The first-order valence-corrected chi connectivity index (χ1v) is 8.99. The highest BCUT2D eigenvalue weighted by molar-refractivity contribution is 5.95. The van der Waals surface area contributed by atoms with Gasteiger partial charge in [-0.05, 0) is 78.0 Å². The first-order chi connectivity index (χ1) is 12.0. The van der Waals surface area contributed by atoms with Crippen LogP contribution in [0.2, 0.25) is 0 Å². The van der Waals surface area contributed by atoms with E-state index in [0.29, 0.717) is 23.3 Å². The van der Waals surface area contributed by atoms with Crippen LogP contribution < -0.4 is 5.73 Å². The third-order valence-electron chi connectivity index (χ3n) is 6.02. The summed E-state index contributed by atoms with van der Waals surface area (Å²) in [5, 5.41) is 19.7. The van der Waals surface area contributed by atoms with Crippen LogP contribution in [0.3, 0.4) is 0 Å². The third kappa shape index (κ3) is 2.76. The largest absolute Gasteiger partial charge is 0.508 e. The summed E-state index contributed by atoms with van der Waals surface area (Å²) in [4.78, 5) is 12.0. The van der Waals surface area contributed by atoms with Crippen molar-refractivity contribution in [2.75, 3.05) is 0 Å². The minimum Gasteiger partial charge on any atom is -0.508 e. The normalized spacial score (nSPS) is 25.0. The molecule has 0 aliphatic heterocycles. The number of phenolic OH excluding ortho intramolecular Hbond substituents is 2. The maximum absolute atomic E-state index is 12.0. The molecule has 2 aliphatic rings. The van der Waals surface area contributed by atoms with E-state index < -0.39 is 5.91 Å². The van der Waals surface area contributed by atoms with Crippen molar-refractivity contribution in [2.45, 2.75) is 43.9 Å². The van der Waals surface area contributed by atoms with Gasteiger partial charge in [0.15, 0.2) is 0 Å². The molecule has 4 rings (SSSR count). The molecule has 4 heteroatoms. The van der Waals surface area contributed by atoms with Gasteiger partial charge in [-0.3, -0.25) is 4.79 Å². The molecular weight excluding hydrogens is 314 g/mol. The molecule has 0 bridgehead atoms. The number of nitrogens with two attached hydrogens (primary N) is 1. The zero-order valence-corrected chi connectivity index (χ0v) is 14.1. The second-order valence-corrected chi connectivity index (χ2v) is 7.38. The van der Waals surface area contributed by atoms with Crippen LogP contribution in [0.15, 0.2) is 36.4 Å². The molecule has 25 heavy (non-hydrogen) atoms. The predicted octanol–water partition coefficient (Wildman–Crippen LogP) is 3.81. The average Bonchev–Trinajstić information content (AvgIpc) is 2.61. The maximum atomic E-state index is 12.0. The number of hydrogen-bond donors (Lipinski definition) is 3. The van der Waals surface area contributed by atoms with Crippen LogP contribution in [-0.2, 0) is 6.42 Å². The van der Waals surface area contributed by atoms with Gasteiger partial charge < -0.3 is 15.9 Å². The van der Waals surface area contributed by atoms with E-state index in [0.717, 1.165) is 30.4 Å². The minimum atomic E-state index is -0.481. The molecule has 0 aromatic heterocycles. The molecule has 0 radical (unpaired) electrons. The summed E-state index contributed by atoms with van der Waals surface area (Å²) in [5.41, 5.74) is 9.34. The Morgan fingerprint density at radius 1 is 0.960 bits per heavy atom. The van der Waals surface area contributed by atoms with E-state index in [1.54, 1.807) is 12.1 Å². The van der Waals surface area contributed by atoms with Gasteiger partial charge in [-0.25, -0.2) is 0 Å². The van der Waals surface area contributed by atoms with Crippen molar-refractivity contribution in [3.63, 3.8) is 0 Å². The molecule has 0 unspecified atom stereocenters. The zero-order chi connectivity index (χ0) is 17.6. The summed E-state index contributed by atoms with van der Waals surface area (Å²) in [5.74, 6) is 1.06. The molecule has 130 valence electrons. The molecule has 0 saturated heterocycles. The Morgan fingerprint density at radius 3 is 2.40 bits per heavy atom. The van der Waals surface area contributed by atoms with Crippen LogP contribution in [0.4, 0.5) is 0 Å². The molecule has 4 N–H and O–H groups in total. The second kappa shape index (κ2) is 6.10. The van der Waals surface area contributed by atoms with Gasteiger partial charge in [0.25, 0.3) is 0 Å². The van der Waals surface area contributed by atoms with Crippen molar-refractivity contribution in [2.24, 2.45) is 11.7 Å². The fourth-order valence-corrected chi connectivity index (χ4v) is 4.94. The molecular formula is C21H23NO3. The number of hydrogen-bond acceptors (Lipinski definition) is 3. The number of primary amides is 1. The number of carbonyl (C=O) groups is 1. The van der Waals surface area contributed by atoms with E-state index in [1.165, 1.54) is 24.5 Å². The van der Waals surface area contributed by atoms with Crippen LogP contribution >= 0.6 is 0 Å². The van der Waals surface area contributed by atoms with Crippen LogP contribution in [0, 0.1) is 5.92 Å². The van der Waals surface area contributed by atoms with E-state index in [9.17, 15) is 15.0 Å². The summed E-state index contributed by atoms with van der Waals surface area (Å²) < 4.78 is 0. The summed E-state index contributed by atoms with van der Waals surface area (Å²) in [6.45, 7) is 0. The maximum Gasteiger partial charge on any atom is 0.249 e. The standard InChI is InChI=1S/C21H23NO3/c22-21(25)20-10-14(24)9-18-16-4-2-1-3-15(16)17(11-19(18)20)12-5-7-13(23)8-6-12/h5-10,15-17,23-24H,1-4,11H2,(H2,22,25)/t15-,16+,17-/m0/s1. The summed E-state index contributed by atoms with van der Waals surface area (Å²) in [6, 6.07) is 10.8. The van der Waals surface area contributed by atoms with Gasteiger partial charge in [0, 0.05) is 5.56 Å². The number of phenols is 2. The molecule has 2 aliphatic carbocycles. The van der Waals surface area contributed by atoms with E-state index in [4.69, 9.17) is 5.73 Å². The number of amides is 1. The molecule has 3 atom stereocenters. The Hall–Kier alpha value is -2.49. The summed E-state index contributed by atoms with van der Waals surface area (Å²) in [6.07, 6.45) is 5.36. The lowest BCUT2D eigenvalue weighted by Gasteiger charge is -2.43. The number of benzene rings is 2. The van der Waals surface area contributed by atoms with Gasteiger partial charge in [0.05, 0.1) is 0 Å². The van der Waals surface area contributed by atoms with Crippen molar-refractivity contribution in [3.05, 3.63) is 58.7 Å². The number of carbonyl (C=O) groups excluding carboxylic acids is 1. The lowest BCUT2D eigenvalue weighted by atomic mass is 9.61. The van der Waals surface area contributed by atoms with E-state index in [1.807, 2.05) is 18.2 Å². The van der Waals surface area contributed by atoms with Crippen molar-refractivity contribution in [1.29, 1.82) is 0 Å². The SMILES string of the molecule is NC(=O)c1cc(O)cc2c1C[C@@H](c1ccc(O)cc1)[C@H]1CCCC[C@@H]21. The van der Waals surface area contributed by atoms with E-state index in [-0.39, 0.29) is 11.5 Å². The Morgan fingerprint density at radius 2 is 1.68 bits per heavy atom. The highest BCUT2D eigenvalue weighted by Crippen LogP contribution is 2.52. The van der Waals surface area contributed by atoms with Crippen molar-refractivity contribution in [1.82, 2.24) is 0 Å². The predicted molar refractivity (Wildman–Crippen MR) is 95.9 cm³/mol. The molecule has 1 saturated carbocycles. The Labute approximate surface area is 147 Å². The van der Waals surface area contributed by atoms with Gasteiger partial charge in [0.1, 0.15) is 11.5 Å². The fraction of sp³-hybridized carbons (Fsp3) is 0.381. The lowest BCUT2D eigenvalue weighted by molar-refractivity contribution is 0.0997. The molecule has 1 fully saturated rings. The van der Waals surface area contributed by atoms with Crippen molar-refractivity contribution in [3.8, 4) is 11.5 Å². The first-order valence-electron chi connectivity index (χ1n) is 8.99. The number of rotatable bonds is 2. The topological polar surface area (TPSA) is 83.6 Å². The summed E-state index contributed by atoms with van der Waals surface area (Å²) >= 11 is 0. The van der Waals surface area contributed by atoms with E-state index in [2.05, 4.69) is 0 Å². The van der Waals surface area contributed by atoms with Crippen molar-refractivity contribution >= 4 is 5.91 Å². The van der Waals surface area contributed by atoms with Gasteiger partial charge >= 0.3 is 0 Å². The molecule has 4 nitrogen and oxygen atoms in total. The molecule has 2 aromatic carbocycles. The Balaban J connectivity index is 1.85. The highest BCUT2D eigenvalue weighted by Gasteiger charge is 2.40. The number of aromatic hydroxyl groups is 2. The van der Waals surface area contributed by atoms with Crippen LogP contribution in [-0.4, -0.2) is 16.1 Å². The van der Waals surface area contributed by atoms with Crippen molar-refractivity contribution < 1.29 is 15.0 Å². The van der Waals surface area contributed by atoms with Gasteiger partial charge in [0.2, 0.25) is 5.91 Å². The second-order valence-electron chi connectivity index (χ2n) is 7.38. The first kappa shape index (κ1) is 16.0. The lowest BCUT2D eigenvalue weighted by Crippen LogP contribution is -2.32. The number of fused-ring (bicyclic) bond motifs is 3. The molecule has 2 aromatic rings. The van der Waals surface area contributed by atoms with E-state index >= 15 is 0 Å². The van der Waals surface area contributed by atoms with Gasteiger partial charge in [-0.2, -0.15) is 0 Å². The van der Waals surface area contributed by atoms with Crippen LogP contribution in [0.25, 0.3) is 0 Å². The Bertz CT molecular complexity index is 813. The van der Waals surface area contributed by atoms with Gasteiger partial charge in [-0.15, -0.1) is 0 Å². The molecule has 0 spiro atoms. The highest BCUT2D eigenvalue weighted by atomic mass is 16.3. The third-order valence-corrected chi connectivity index (χ3v) is 6.02. The monoisotopic (exact) mass is 337 g/mol. The Kier molecular flexibility index (Phi) is 3.91. The molecule has 1 amide bonds. The zero-order valence-electron chi connectivity index (χ0n) is 14.1. The quantitative estimate of drug-likeness (QED) is 0.779. The smallest absolute Gasteiger partial charge is 0.249 e. The fourth-order valence-electron chi connectivity index (χ4n) is 4.94. The minimum absolute atomic E-state index is 0.125. The van der Waals surface area contributed by atoms with Crippen LogP contribution in [0.5, 0.6) is 11.5 Å². The summed E-state index contributed by atoms with van der Waals surface area (Å²) in [7, 11) is 0. The molecule has 0 heterocycles. The van der Waals surface area contributed by atoms with Gasteiger partial charge in [-0.1, -0.05) is 25.0 Å². The van der Waals surface area contributed by atoms with Crippen LogP contribution in [0.1, 0.15) is 64.6 Å².